The highest BCUT2D eigenvalue weighted by Crippen LogP contribution is 2.73. The van der Waals surface area contributed by atoms with Gasteiger partial charge in [-0.25, -0.2) is 0 Å². The molecule has 2 aliphatic rings. The Morgan fingerprint density at radius 2 is 1.24 bits per heavy atom. The number of esters is 2. The first-order valence-corrected chi connectivity index (χ1v) is 11.6. The van der Waals surface area contributed by atoms with E-state index >= 15 is 0 Å². The number of rotatable bonds is 5. The molecule has 1 spiro atoms. The molecular weight excluding hydrogens is 426 g/mol. The molecule has 1 aliphatic carbocycles. The molecule has 0 amide bonds. The van der Waals surface area contributed by atoms with E-state index in [4.69, 9.17) is 9.47 Å². The Balaban J connectivity index is 1.67. The van der Waals surface area contributed by atoms with Crippen molar-refractivity contribution in [1.29, 1.82) is 0 Å². The highest BCUT2D eigenvalue weighted by molar-refractivity contribution is 6.07. The van der Waals surface area contributed by atoms with E-state index in [1.807, 2.05) is 67.5 Å². The quantitative estimate of drug-likeness (QED) is 0.395. The van der Waals surface area contributed by atoms with Crippen molar-refractivity contribution in [3.05, 3.63) is 102 Å². The lowest BCUT2D eigenvalue weighted by molar-refractivity contribution is -0.244. The lowest BCUT2D eigenvalue weighted by atomic mass is 9.83. The normalized spacial score (nSPS) is 23.1. The second kappa shape index (κ2) is 8.01. The second-order valence-electron chi connectivity index (χ2n) is 9.84. The Labute approximate surface area is 200 Å². The zero-order valence-electron chi connectivity index (χ0n) is 19.9. The zero-order valence-corrected chi connectivity index (χ0v) is 19.9. The lowest BCUT2D eigenvalue weighted by Crippen LogP contribution is -2.49. The van der Waals surface area contributed by atoms with Crippen molar-refractivity contribution in [2.75, 3.05) is 19.0 Å². The molecule has 1 saturated heterocycles. The highest BCUT2D eigenvalue weighted by atomic mass is 16.7. The second-order valence-corrected chi connectivity index (χ2v) is 9.84. The molecule has 3 atom stereocenters. The standard InChI is InChI=1S/C29H29NO4/c1-28(2)33-26(31)29(27(32)34-28)24(21-13-9-6-10-14-21)25(29)23(19-11-7-5-8-12-19)20-15-17-22(18-16-20)30(3)4/h5-18,23-25H,1-4H3/t23-,24+,25+/m1/s1. The first kappa shape index (κ1) is 22.2. The molecule has 0 bridgehead atoms. The van der Waals surface area contributed by atoms with Crippen LogP contribution in [0.1, 0.15) is 42.4 Å². The van der Waals surface area contributed by atoms with Crippen molar-refractivity contribution in [3.8, 4) is 0 Å². The first-order valence-electron chi connectivity index (χ1n) is 11.6. The van der Waals surface area contributed by atoms with Gasteiger partial charge in [0, 0.05) is 51.4 Å². The zero-order chi connectivity index (χ0) is 24.1. The fraction of sp³-hybridized carbons (Fsp3) is 0.310. The van der Waals surface area contributed by atoms with E-state index in [1.54, 1.807) is 13.8 Å². The lowest BCUT2D eigenvalue weighted by Gasteiger charge is -2.34. The highest BCUT2D eigenvalue weighted by Gasteiger charge is 2.81. The molecule has 2 fully saturated rings. The van der Waals surface area contributed by atoms with Gasteiger partial charge in [0.25, 0.3) is 5.79 Å². The fourth-order valence-corrected chi connectivity index (χ4v) is 5.49. The summed E-state index contributed by atoms with van der Waals surface area (Å²) in [5.41, 5.74) is 2.74. The van der Waals surface area contributed by atoms with Crippen molar-refractivity contribution in [3.63, 3.8) is 0 Å². The van der Waals surface area contributed by atoms with Gasteiger partial charge in [0.2, 0.25) is 0 Å². The maximum atomic E-state index is 13.6. The Kier molecular flexibility index (Phi) is 5.23. The summed E-state index contributed by atoms with van der Waals surface area (Å²) in [7, 11) is 4.00. The van der Waals surface area contributed by atoms with E-state index in [1.165, 1.54) is 0 Å². The van der Waals surface area contributed by atoms with E-state index in [0.717, 1.165) is 22.4 Å². The molecule has 0 aromatic heterocycles. The van der Waals surface area contributed by atoms with Crippen molar-refractivity contribution in [2.45, 2.75) is 31.5 Å². The molecule has 3 aromatic rings. The van der Waals surface area contributed by atoms with Crippen LogP contribution in [0.3, 0.4) is 0 Å². The van der Waals surface area contributed by atoms with Crippen LogP contribution in [0.5, 0.6) is 0 Å². The molecule has 0 radical (unpaired) electrons. The van der Waals surface area contributed by atoms with Crippen LogP contribution in [0.4, 0.5) is 5.69 Å². The molecule has 34 heavy (non-hydrogen) atoms. The Hall–Kier alpha value is -3.60. The summed E-state index contributed by atoms with van der Waals surface area (Å²) in [5.74, 6) is -3.15. The predicted molar refractivity (Wildman–Crippen MR) is 130 cm³/mol. The van der Waals surface area contributed by atoms with E-state index in [0.29, 0.717) is 0 Å². The van der Waals surface area contributed by atoms with Gasteiger partial charge in [0.05, 0.1) is 0 Å². The Bertz CT molecular complexity index is 1180. The van der Waals surface area contributed by atoms with Crippen molar-refractivity contribution >= 4 is 17.6 Å². The molecule has 5 rings (SSSR count). The first-order chi connectivity index (χ1) is 16.3. The molecule has 5 heteroatoms. The number of hydrogen-bond acceptors (Lipinski definition) is 5. The topological polar surface area (TPSA) is 55.8 Å². The summed E-state index contributed by atoms with van der Waals surface area (Å²) in [6.07, 6.45) is 0. The number of hydrogen-bond donors (Lipinski definition) is 0. The molecule has 0 N–H and O–H groups in total. The van der Waals surface area contributed by atoms with E-state index in [2.05, 4.69) is 36.4 Å². The third-order valence-electron chi connectivity index (χ3n) is 7.06. The monoisotopic (exact) mass is 455 g/mol. The number of cyclic esters (lactones) is 2. The van der Waals surface area contributed by atoms with Gasteiger partial charge in [0.1, 0.15) is 0 Å². The minimum Gasteiger partial charge on any atom is -0.422 e. The largest absolute Gasteiger partial charge is 0.422 e. The number of carbonyl (C=O) groups excluding carboxylic acids is 2. The van der Waals surface area contributed by atoms with Crippen LogP contribution in [-0.2, 0) is 19.1 Å². The van der Waals surface area contributed by atoms with Crippen molar-refractivity contribution in [2.24, 2.45) is 11.3 Å². The van der Waals surface area contributed by atoms with Crippen LogP contribution in [-0.4, -0.2) is 31.8 Å². The predicted octanol–water partition coefficient (Wildman–Crippen LogP) is 5.12. The average Bonchev–Trinajstić information content (AvgIpc) is 3.50. The third kappa shape index (κ3) is 3.47. The van der Waals surface area contributed by atoms with Gasteiger partial charge >= 0.3 is 11.9 Å². The average molecular weight is 456 g/mol. The van der Waals surface area contributed by atoms with Crippen LogP contribution in [0.25, 0.3) is 0 Å². The number of nitrogens with zero attached hydrogens (tertiary/aromatic N) is 1. The van der Waals surface area contributed by atoms with Gasteiger partial charge < -0.3 is 14.4 Å². The molecule has 0 unspecified atom stereocenters. The van der Waals surface area contributed by atoms with E-state index < -0.39 is 23.1 Å². The Morgan fingerprint density at radius 3 is 1.76 bits per heavy atom. The van der Waals surface area contributed by atoms with E-state index in [-0.39, 0.29) is 17.8 Å². The molecule has 1 saturated carbocycles. The van der Waals surface area contributed by atoms with Gasteiger partial charge in [-0.1, -0.05) is 72.8 Å². The van der Waals surface area contributed by atoms with Crippen LogP contribution >= 0.6 is 0 Å². The fourth-order valence-electron chi connectivity index (χ4n) is 5.49. The number of anilines is 1. The minimum absolute atomic E-state index is 0.191. The van der Waals surface area contributed by atoms with Gasteiger partial charge in [-0.05, 0) is 28.8 Å². The minimum atomic E-state index is -1.38. The molecule has 3 aromatic carbocycles. The van der Waals surface area contributed by atoms with E-state index in [9.17, 15) is 9.59 Å². The number of benzene rings is 3. The van der Waals surface area contributed by atoms with Crippen LogP contribution in [0.2, 0.25) is 0 Å². The maximum Gasteiger partial charge on any atom is 0.327 e. The summed E-state index contributed by atoms with van der Waals surface area (Å²) in [5, 5.41) is 0. The third-order valence-corrected chi connectivity index (χ3v) is 7.06. The maximum absolute atomic E-state index is 13.6. The van der Waals surface area contributed by atoms with Crippen LogP contribution < -0.4 is 4.90 Å². The smallest absolute Gasteiger partial charge is 0.327 e. The summed E-state index contributed by atoms with van der Waals surface area (Å²) in [6.45, 7) is 3.19. The van der Waals surface area contributed by atoms with Gasteiger partial charge in [-0.15, -0.1) is 0 Å². The van der Waals surface area contributed by atoms with Crippen molar-refractivity contribution < 1.29 is 19.1 Å². The summed E-state index contributed by atoms with van der Waals surface area (Å²) in [6, 6.07) is 28.1. The molecule has 5 nitrogen and oxygen atoms in total. The van der Waals surface area contributed by atoms with Crippen LogP contribution in [0.15, 0.2) is 84.9 Å². The molecule has 1 heterocycles. The Morgan fingerprint density at radius 1 is 0.735 bits per heavy atom. The summed E-state index contributed by atoms with van der Waals surface area (Å²) in [4.78, 5) is 29.2. The number of ether oxygens (including phenoxy) is 2. The SMILES string of the molecule is CN(C)c1ccc([C@@H](c2ccccc2)[C@H]2[C@H](c3ccccc3)C23C(=O)OC(C)(C)OC3=O)cc1. The van der Waals surface area contributed by atoms with Crippen molar-refractivity contribution in [1.82, 2.24) is 0 Å². The van der Waals surface area contributed by atoms with Gasteiger partial charge in [0.15, 0.2) is 5.41 Å². The van der Waals surface area contributed by atoms with Gasteiger partial charge in [-0.2, -0.15) is 0 Å². The summed E-state index contributed by atoms with van der Waals surface area (Å²) < 4.78 is 11.4. The number of carbonyl (C=O) groups is 2. The summed E-state index contributed by atoms with van der Waals surface area (Å²) >= 11 is 0. The van der Waals surface area contributed by atoms with Crippen LogP contribution in [0, 0.1) is 11.3 Å². The molecule has 174 valence electrons. The molecular formula is C29H29NO4. The van der Waals surface area contributed by atoms with Gasteiger partial charge in [-0.3, -0.25) is 9.59 Å². The molecule has 1 aliphatic heterocycles.